The van der Waals surface area contributed by atoms with Gasteiger partial charge in [0.25, 0.3) is 0 Å². The quantitative estimate of drug-likeness (QED) is 0.820. The van der Waals surface area contributed by atoms with Crippen LogP contribution >= 0.6 is 43.2 Å². The first-order valence-corrected chi connectivity index (χ1v) is 7.39. The fraction of sp³-hybridized carbons (Fsp3) is 0.167. The summed E-state index contributed by atoms with van der Waals surface area (Å²) in [5.74, 6) is -0.353. The smallest absolute Gasteiger partial charge is 0.137 e. The van der Waals surface area contributed by atoms with E-state index in [0.717, 1.165) is 9.35 Å². The minimum Gasteiger partial charge on any atom is -0.388 e. The van der Waals surface area contributed by atoms with E-state index in [1.807, 2.05) is 11.4 Å². The predicted molar refractivity (Wildman–Crippen MR) is 74.8 cm³/mol. The molecule has 0 saturated carbocycles. The maximum Gasteiger partial charge on any atom is 0.137 e. The van der Waals surface area contributed by atoms with Crippen LogP contribution in [0.2, 0.25) is 0 Å². The number of halogens is 3. The van der Waals surface area contributed by atoms with Crippen molar-refractivity contribution in [3.8, 4) is 0 Å². The van der Waals surface area contributed by atoms with Gasteiger partial charge in [-0.25, -0.2) is 4.39 Å². The Balaban J connectivity index is 2.20. The first-order valence-electron chi connectivity index (χ1n) is 4.93. The number of hydrogen-bond acceptors (Lipinski definition) is 2. The fourth-order valence-electron chi connectivity index (χ4n) is 1.54. The molecule has 5 heteroatoms. The zero-order valence-corrected chi connectivity index (χ0v) is 12.6. The zero-order chi connectivity index (χ0) is 12.4. The number of benzene rings is 1. The molecule has 0 aliphatic carbocycles. The number of aliphatic hydroxyl groups is 1. The minimum absolute atomic E-state index is 0.336. The predicted octanol–water partition coefficient (Wildman–Crippen LogP) is 4.69. The van der Waals surface area contributed by atoms with Crippen LogP contribution in [0, 0.1) is 5.82 Å². The van der Waals surface area contributed by atoms with E-state index < -0.39 is 6.10 Å². The van der Waals surface area contributed by atoms with Gasteiger partial charge in [0.05, 0.1) is 10.6 Å². The third-order valence-corrected chi connectivity index (χ3v) is 4.91. The number of aliphatic hydroxyl groups excluding tert-OH is 1. The van der Waals surface area contributed by atoms with E-state index in [1.165, 1.54) is 6.07 Å². The molecule has 0 saturated heterocycles. The van der Waals surface area contributed by atoms with E-state index in [0.29, 0.717) is 16.5 Å². The zero-order valence-electron chi connectivity index (χ0n) is 8.66. The van der Waals surface area contributed by atoms with E-state index in [9.17, 15) is 9.50 Å². The normalized spacial score (nSPS) is 12.7. The minimum atomic E-state index is -0.703. The lowest BCUT2D eigenvalue weighted by Gasteiger charge is -2.12. The van der Waals surface area contributed by atoms with Crippen LogP contribution in [-0.4, -0.2) is 5.11 Å². The van der Waals surface area contributed by atoms with Crippen LogP contribution in [0.5, 0.6) is 0 Å². The Morgan fingerprint density at radius 3 is 2.76 bits per heavy atom. The van der Waals surface area contributed by atoms with Crippen LogP contribution in [-0.2, 0) is 6.42 Å². The molecule has 0 bridgehead atoms. The van der Waals surface area contributed by atoms with E-state index >= 15 is 0 Å². The molecule has 90 valence electrons. The van der Waals surface area contributed by atoms with E-state index in [2.05, 4.69) is 31.9 Å². The lowest BCUT2D eigenvalue weighted by molar-refractivity contribution is 0.178. The van der Waals surface area contributed by atoms with Crippen LogP contribution in [0.1, 0.15) is 16.5 Å². The van der Waals surface area contributed by atoms with Gasteiger partial charge in [0, 0.05) is 21.2 Å². The highest BCUT2D eigenvalue weighted by molar-refractivity contribution is 9.10. The monoisotopic (exact) mass is 378 g/mol. The maximum atomic E-state index is 13.3. The van der Waals surface area contributed by atoms with Crippen molar-refractivity contribution in [3.63, 3.8) is 0 Å². The van der Waals surface area contributed by atoms with Gasteiger partial charge in [-0.15, -0.1) is 11.3 Å². The van der Waals surface area contributed by atoms with Crippen molar-refractivity contribution < 1.29 is 9.50 Å². The van der Waals surface area contributed by atoms with Crippen LogP contribution in [0.15, 0.2) is 38.6 Å². The Bertz CT molecular complexity index is 527. The van der Waals surface area contributed by atoms with Crippen molar-refractivity contribution in [1.29, 1.82) is 0 Å². The summed E-state index contributed by atoms with van der Waals surface area (Å²) in [6.45, 7) is 0. The number of rotatable bonds is 3. The molecule has 17 heavy (non-hydrogen) atoms. The van der Waals surface area contributed by atoms with Gasteiger partial charge in [-0.2, -0.15) is 0 Å². The highest BCUT2D eigenvalue weighted by Gasteiger charge is 2.15. The summed E-state index contributed by atoms with van der Waals surface area (Å²) in [6.07, 6.45) is -0.219. The summed E-state index contributed by atoms with van der Waals surface area (Å²) in [4.78, 5) is 1.06. The Hall–Kier alpha value is -0.230. The summed E-state index contributed by atoms with van der Waals surface area (Å²) in [6, 6.07) is 6.65. The molecule has 0 aliphatic heterocycles. The second-order valence-electron chi connectivity index (χ2n) is 3.59. The van der Waals surface area contributed by atoms with Gasteiger partial charge in [0.15, 0.2) is 0 Å². The van der Waals surface area contributed by atoms with Crippen molar-refractivity contribution in [3.05, 3.63) is 54.8 Å². The molecule has 0 radical (unpaired) electrons. The van der Waals surface area contributed by atoms with Gasteiger partial charge in [-0.05, 0) is 49.6 Å². The largest absolute Gasteiger partial charge is 0.388 e. The molecule has 0 amide bonds. The molecule has 2 aromatic rings. The fourth-order valence-corrected chi connectivity index (χ4v) is 3.56. The molecule has 2 rings (SSSR count). The summed E-state index contributed by atoms with van der Waals surface area (Å²) in [5.41, 5.74) is 0.578. The summed E-state index contributed by atoms with van der Waals surface area (Å²) in [5, 5.41) is 12.0. The average molecular weight is 380 g/mol. The summed E-state index contributed by atoms with van der Waals surface area (Å²) in [7, 11) is 0. The van der Waals surface area contributed by atoms with Crippen LogP contribution in [0.4, 0.5) is 4.39 Å². The molecule has 1 nitrogen and oxygen atoms in total. The molecular weight excluding hydrogens is 371 g/mol. The highest BCUT2D eigenvalue weighted by Crippen LogP contribution is 2.30. The SMILES string of the molecule is OC(Cc1cc(Br)cs1)c1cccc(F)c1Br. The first kappa shape index (κ1) is 13.2. The van der Waals surface area contributed by atoms with Crippen molar-refractivity contribution in [2.75, 3.05) is 0 Å². The maximum absolute atomic E-state index is 13.3. The number of thiophene rings is 1. The Morgan fingerprint density at radius 1 is 1.35 bits per heavy atom. The molecule has 0 aliphatic rings. The lowest BCUT2D eigenvalue weighted by Crippen LogP contribution is -2.02. The van der Waals surface area contributed by atoms with Gasteiger partial charge in [0.1, 0.15) is 5.82 Å². The summed E-state index contributed by atoms with van der Waals surface area (Å²) >= 11 is 8.09. The molecule has 0 fully saturated rings. The molecule has 1 atom stereocenters. The van der Waals surface area contributed by atoms with E-state index in [-0.39, 0.29) is 5.82 Å². The van der Waals surface area contributed by atoms with Gasteiger partial charge in [-0.3, -0.25) is 0 Å². The van der Waals surface area contributed by atoms with E-state index in [4.69, 9.17) is 0 Å². The highest BCUT2D eigenvalue weighted by atomic mass is 79.9. The molecule has 1 unspecified atom stereocenters. The molecule has 0 spiro atoms. The van der Waals surface area contributed by atoms with Gasteiger partial charge >= 0.3 is 0 Å². The third-order valence-electron chi connectivity index (χ3n) is 2.36. The molecular formula is C12H9Br2FOS. The van der Waals surface area contributed by atoms with Crippen molar-refractivity contribution in [2.45, 2.75) is 12.5 Å². The van der Waals surface area contributed by atoms with Crippen LogP contribution in [0.25, 0.3) is 0 Å². The van der Waals surface area contributed by atoms with Crippen LogP contribution < -0.4 is 0 Å². The standard InChI is InChI=1S/C12H9Br2FOS/c13-7-4-8(17-6-7)5-11(16)9-2-1-3-10(15)12(9)14/h1-4,6,11,16H,5H2. The Kier molecular flexibility index (Phi) is 4.36. The lowest BCUT2D eigenvalue weighted by atomic mass is 10.1. The van der Waals surface area contributed by atoms with Crippen molar-refractivity contribution >= 4 is 43.2 Å². The van der Waals surface area contributed by atoms with Gasteiger partial charge in [-0.1, -0.05) is 12.1 Å². The molecule has 1 N–H and O–H groups in total. The third kappa shape index (κ3) is 3.16. The van der Waals surface area contributed by atoms with Gasteiger partial charge < -0.3 is 5.11 Å². The Morgan fingerprint density at radius 2 is 2.12 bits per heavy atom. The Labute approximate surface area is 120 Å². The number of hydrogen-bond donors (Lipinski definition) is 1. The molecule has 1 heterocycles. The van der Waals surface area contributed by atoms with Crippen molar-refractivity contribution in [2.24, 2.45) is 0 Å². The van der Waals surface area contributed by atoms with Crippen LogP contribution in [0.3, 0.4) is 0 Å². The van der Waals surface area contributed by atoms with Crippen molar-refractivity contribution in [1.82, 2.24) is 0 Å². The topological polar surface area (TPSA) is 20.2 Å². The molecule has 1 aromatic heterocycles. The first-order chi connectivity index (χ1) is 8.08. The summed E-state index contributed by atoms with van der Waals surface area (Å²) < 4.78 is 14.7. The van der Waals surface area contributed by atoms with Gasteiger partial charge in [0.2, 0.25) is 0 Å². The second kappa shape index (κ2) is 5.61. The average Bonchev–Trinajstić information content (AvgIpc) is 2.68. The second-order valence-corrected chi connectivity index (χ2v) is 6.30. The van der Waals surface area contributed by atoms with E-state index in [1.54, 1.807) is 23.5 Å². The molecule has 1 aromatic carbocycles.